The Morgan fingerprint density at radius 1 is 1.32 bits per heavy atom. The number of aliphatic hydroxyl groups excluding tert-OH is 1. The quantitative estimate of drug-likeness (QED) is 0.811. The second-order valence-corrected chi connectivity index (χ2v) is 7.10. The van der Waals surface area contributed by atoms with Crippen LogP contribution in [0.1, 0.15) is 13.8 Å². The highest BCUT2D eigenvalue weighted by atomic mass is 35.5. The number of hydrogen-bond acceptors (Lipinski definition) is 3. The largest absolute Gasteiger partial charge is 0.391 e. The van der Waals surface area contributed by atoms with Crippen molar-refractivity contribution in [2.45, 2.75) is 24.8 Å². The summed E-state index contributed by atoms with van der Waals surface area (Å²) in [7, 11) is -1.36. The summed E-state index contributed by atoms with van der Waals surface area (Å²) < 4.78 is 12.1. The maximum atomic E-state index is 12.1. The Morgan fingerprint density at radius 2 is 2.00 bits per heavy atom. The Kier molecular flexibility index (Phi) is 7.32. The maximum Gasteiger partial charge on any atom is 0.0783 e. The smallest absolute Gasteiger partial charge is 0.0783 e. The van der Waals surface area contributed by atoms with Gasteiger partial charge >= 0.3 is 0 Å². The van der Waals surface area contributed by atoms with E-state index < -0.39 is 16.9 Å². The Labute approximate surface area is 126 Å². The molecule has 2 unspecified atom stereocenters. The third-order valence-corrected chi connectivity index (χ3v) is 4.61. The average Bonchev–Trinajstić information content (AvgIpc) is 2.31. The first-order valence-electron chi connectivity index (χ1n) is 6.12. The van der Waals surface area contributed by atoms with Crippen molar-refractivity contribution in [1.29, 1.82) is 0 Å². The first-order valence-corrected chi connectivity index (χ1v) is 8.20. The van der Waals surface area contributed by atoms with Crippen LogP contribution in [0.25, 0.3) is 0 Å². The van der Waals surface area contributed by atoms with Crippen molar-refractivity contribution in [2.24, 2.45) is 5.92 Å². The van der Waals surface area contributed by atoms with Crippen LogP contribution in [-0.4, -0.2) is 34.3 Å². The third kappa shape index (κ3) is 6.23. The highest BCUT2D eigenvalue weighted by Crippen LogP contribution is 2.24. The summed E-state index contributed by atoms with van der Waals surface area (Å²) in [5.41, 5.74) is 0. The van der Waals surface area contributed by atoms with E-state index in [1.54, 1.807) is 18.2 Å². The fourth-order valence-electron chi connectivity index (χ4n) is 1.51. The Bertz CT molecular complexity index is 441. The lowest BCUT2D eigenvalue weighted by Gasteiger charge is -2.13. The summed E-state index contributed by atoms with van der Waals surface area (Å²) in [5, 5.41) is 13.8. The average molecular weight is 324 g/mol. The summed E-state index contributed by atoms with van der Waals surface area (Å²) >= 11 is 11.8. The standard InChI is InChI=1S/C13H19Cl2NO2S/c1-9(2)6-16-7-11(17)8-19(18)13-5-10(14)3-4-12(13)15/h3-5,9,11,16-17H,6-8H2,1-2H3. The molecule has 0 saturated carbocycles. The molecule has 1 rings (SSSR count). The molecule has 2 N–H and O–H groups in total. The van der Waals surface area contributed by atoms with Gasteiger partial charge < -0.3 is 10.4 Å². The minimum atomic E-state index is -1.36. The highest BCUT2D eigenvalue weighted by Gasteiger charge is 2.14. The van der Waals surface area contributed by atoms with Gasteiger partial charge in [0, 0.05) is 11.6 Å². The Hall–Kier alpha value is -0.130. The van der Waals surface area contributed by atoms with Crippen LogP contribution in [0.3, 0.4) is 0 Å². The minimum Gasteiger partial charge on any atom is -0.391 e. The van der Waals surface area contributed by atoms with Gasteiger partial charge in [-0.05, 0) is 30.7 Å². The predicted octanol–water partition coefficient (Wildman–Crippen LogP) is 2.71. The Morgan fingerprint density at radius 3 is 2.63 bits per heavy atom. The van der Waals surface area contributed by atoms with E-state index in [9.17, 15) is 9.32 Å². The molecule has 19 heavy (non-hydrogen) atoms. The van der Waals surface area contributed by atoms with Gasteiger partial charge in [-0.3, -0.25) is 4.21 Å². The van der Waals surface area contributed by atoms with Crippen LogP contribution in [-0.2, 0) is 10.8 Å². The second kappa shape index (κ2) is 8.22. The van der Waals surface area contributed by atoms with E-state index in [0.29, 0.717) is 27.4 Å². The molecule has 1 aromatic rings. The molecule has 108 valence electrons. The number of nitrogens with one attached hydrogen (secondary N) is 1. The van der Waals surface area contributed by atoms with Crippen molar-refractivity contribution < 1.29 is 9.32 Å². The van der Waals surface area contributed by atoms with Crippen LogP contribution >= 0.6 is 23.2 Å². The summed E-state index contributed by atoms with van der Waals surface area (Å²) in [6.07, 6.45) is -0.672. The van der Waals surface area contributed by atoms with E-state index in [1.807, 2.05) is 0 Å². The van der Waals surface area contributed by atoms with E-state index in [1.165, 1.54) is 0 Å². The topological polar surface area (TPSA) is 49.3 Å². The van der Waals surface area contributed by atoms with Crippen molar-refractivity contribution >= 4 is 34.0 Å². The molecule has 3 nitrogen and oxygen atoms in total. The molecule has 0 aliphatic carbocycles. The molecule has 0 radical (unpaired) electrons. The van der Waals surface area contributed by atoms with Crippen molar-refractivity contribution in [1.82, 2.24) is 5.32 Å². The van der Waals surface area contributed by atoms with Gasteiger partial charge in [0.1, 0.15) is 0 Å². The van der Waals surface area contributed by atoms with Crippen LogP contribution in [0.15, 0.2) is 23.1 Å². The molecular formula is C13H19Cl2NO2S. The lowest BCUT2D eigenvalue weighted by atomic mass is 10.2. The van der Waals surface area contributed by atoms with E-state index in [-0.39, 0.29) is 5.75 Å². The van der Waals surface area contributed by atoms with Gasteiger partial charge in [0.15, 0.2) is 0 Å². The number of aliphatic hydroxyl groups is 1. The molecule has 1 aromatic carbocycles. The van der Waals surface area contributed by atoms with E-state index >= 15 is 0 Å². The van der Waals surface area contributed by atoms with Crippen molar-refractivity contribution in [2.75, 3.05) is 18.8 Å². The minimum absolute atomic E-state index is 0.144. The fraction of sp³-hybridized carbons (Fsp3) is 0.538. The van der Waals surface area contributed by atoms with Gasteiger partial charge in [0.2, 0.25) is 0 Å². The SMILES string of the molecule is CC(C)CNCC(O)CS(=O)c1cc(Cl)ccc1Cl. The first-order chi connectivity index (χ1) is 8.90. The predicted molar refractivity (Wildman–Crippen MR) is 81.5 cm³/mol. The molecule has 6 heteroatoms. The first kappa shape index (κ1) is 16.9. The maximum absolute atomic E-state index is 12.1. The second-order valence-electron chi connectivity index (χ2n) is 4.79. The molecule has 2 atom stereocenters. The number of halogens is 2. The molecule has 0 aromatic heterocycles. The van der Waals surface area contributed by atoms with Gasteiger partial charge in [-0.15, -0.1) is 0 Å². The van der Waals surface area contributed by atoms with Crippen molar-refractivity contribution in [3.8, 4) is 0 Å². The van der Waals surface area contributed by atoms with Gasteiger partial charge in [-0.25, -0.2) is 0 Å². The zero-order valence-corrected chi connectivity index (χ0v) is 13.4. The van der Waals surface area contributed by atoms with Crippen molar-refractivity contribution in [3.63, 3.8) is 0 Å². The number of benzene rings is 1. The van der Waals surface area contributed by atoms with Crippen LogP contribution in [0.2, 0.25) is 10.0 Å². The molecule has 0 amide bonds. The van der Waals surface area contributed by atoms with E-state index in [0.717, 1.165) is 6.54 Å². The highest BCUT2D eigenvalue weighted by molar-refractivity contribution is 7.85. The monoisotopic (exact) mass is 323 g/mol. The number of rotatable bonds is 7. The molecule has 0 aliphatic heterocycles. The lowest BCUT2D eigenvalue weighted by Crippen LogP contribution is -2.33. The van der Waals surface area contributed by atoms with Crippen LogP contribution in [0.5, 0.6) is 0 Å². The molecule has 0 fully saturated rings. The summed E-state index contributed by atoms with van der Waals surface area (Å²) in [5.74, 6) is 0.658. The van der Waals surface area contributed by atoms with Gasteiger partial charge in [-0.1, -0.05) is 37.0 Å². The van der Waals surface area contributed by atoms with Gasteiger partial charge in [0.05, 0.1) is 32.6 Å². The van der Waals surface area contributed by atoms with Gasteiger partial charge in [-0.2, -0.15) is 0 Å². The molecule has 0 spiro atoms. The lowest BCUT2D eigenvalue weighted by molar-refractivity contribution is 0.193. The molecule has 0 heterocycles. The van der Waals surface area contributed by atoms with E-state index in [4.69, 9.17) is 23.2 Å². The van der Waals surface area contributed by atoms with Crippen LogP contribution in [0.4, 0.5) is 0 Å². The third-order valence-electron chi connectivity index (χ3n) is 2.41. The van der Waals surface area contributed by atoms with Crippen molar-refractivity contribution in [3.05, 3.63) is 28.2 Å². The Balaban J connectivity index is 2.52. The number of hydrogen-bond donors (Lipinski definition) is 2. The molecule has 0 bridgehead atoms. The van der Waals surface area contributed by atoms with Crippen LogP contribution < -0.4 is 5.32 Å². The molecular weight excluding hydrogens is 305 g/mol. The van der Waals surface area contributed by atoms with E-state index in [2.05, 4.69) is 19.2 Å². The van der Waals surface area contributed by atoms with Gasteiger partial charge in [0.25, 0.3) is 0 Å². The fourth-order valence-corrected chi connectivity index (χ4v) is 3.32. The molecule has 0 saturated heterocycles. The summed E-state index contributed by atoms with van der Waals surface area (Å²) in [4.78, 5) is 0.470. The molecule has 0 aliphatic rings. The summed E-state index contributed by atoms with van der Waals surface area (Å²) in [6, 6.07) is 4.83. The van der Waals surface area contributed by atoms with Crippen LogP contribution in [0, 0.1) is 5.92 Å². The zero-order valence-electron chi connectivity index (χ0n) is 11.0. The summed E-state index contributed by atoms with van der Waals surface area (Å²) in [6.45, 7) is 5.41. The normalized spacial score (nSPS) is 14.6. The zero-order chi connectivity index (χ0) is 14.4.